The molecule has 110 valence electrons. The van der Waals surface area contributed by atoms with Gasteiger partial charge in [0.15, 0.2) is 0 Å². The summed E-state index contributed by atoms with van der Waals surface area (Å²) in [5, 5.41) is 0. The lowest BCUT2D eigenvalue weighted by atomic mass is 9.92. The number of hydrogen-bond acceptors (Lipinski definition) is 1. The molecule has 2 rings (SSSR count). The summed E-state index contributed by atoms with van der Waals surface area (Å²) in [4.78, 5) is 14.3. The second-order valence-electron chi connectivity index (χ2n) is 5.88. The van der Waals surface area contributed by atoms with Gasteiger partial charge in [-0.15, -0.1) is 0 Å². The highest BCUT2D eigenvalue weighted by atomic mass is 16.2. The Labute approximate surface area is 123 Å². The summed E-state index contributed by atoms with van der Waals surface area (Å²) in [5.74, 6) is 0.917. The van der Waals surface area contributed by atoms with E-state index in [1.54, 1.807) is 0 Å². The van der Waals surface area contributed by atoms with Gasteiger partial charge in [-0.2, -0.15) is 0 Å². The number of rotatable bonds is 6. The van der Waals surface area contributed by atoms with E-state index >= 15 is 0 Å². The lowest BCUT2D eigenvalue weighted by Crippen LogP contribution is -2.31. The van der Waals surface area contributed by atoms with Gasteiger partial charge in [-0.1, -0.05) is 56.5 Å². The van der Waals surface area contributed by atoms with Crippen LogP contribution in [0.1, 0.15) is 63.4 Å². The highest BCUT2D eigenvalue weighted by molar-refractivity contribution is 5.76. The van der Waals surface area contributed by atoms with E-state index in [1.807, 2.05) is 0 Å². The zero-order chi connectivity index (χ0) is 14.2. The molecule has 1 atom stereocenters. The molecule has 1 heterocycles. The zero-order valence-electron chi connectivity index (χ0n) is 12.7. The molecule has 1 aromatic rings. The van der Waals surface area contributed by atoms with Crippen molar-refractivity contribution in [3.05, 3.63) is 35.9 Å². The highest BCUT2D eigenvalue weighted by Crippen LogP contribution is 2.28. The van der Waals surface area contributed by atoms with E-state index in [4.69, 9.17) is 0 Å². The van der Waals surface area contributed by atoms with Gasteiger partial charge in [0, 0.05) is 19.5 Å². The van der Waals surface area contributed by atoms with E-state index in [2.05, 4.69) is 42.2 Å². The summed E-state index contributed by atoms with van der Waals surface area (Å²) in [6, 6.07) is 10.7. The fourth-order valence-electron chi connectivity index (χ4n) is 3.06. The Hall–Kier alpha value is -1.31. The van der Waals surface area contributed by atoms with Crippen molar-refractivity contribution in [1.82, 2.24) is 4.90 Å². The minimum atomic E-state index is 0.361. The van der Waals surface area contributed by atoms with Crippen LogP contribution >= 0.6 is 0 Å². The SMILES string of the molecule is CCCCCCN1CCC(c2ccccc2)CCC1=O. The maximum atomic E-state index is 12.2. The van der Waals surface area contributed by atoms with Crippen molar-refractivity contribution in [1.29, 1.82) is 0 Å². The van der Waals surface area contributed by atoms with Crippen LogP contribution in [0.25, 0.3) is 0 Å². The Morgan fingerprint density at radius 2 is 1.90 bits per heavy atom. The molecule has 2 heteroatoms. The van der Waals surface area contributed by atoms with Gasteiger partial charge in [-0.3, -0.25) is 4.79 Å². The standard InChI is InChI=1S/C18H27NO/c1-2-3-4-8-14-19-15-13-17(11-12-18(19)20)16-9-6-5-7-10-16/h5-7,9-10,17H,2-4,8,11-15H2,1H3. The Balaban J connectivity index is 1.85. The van der Waals surface area contributed by atoms with Crippen LogP contribution in [0.4, 0.5) is 0 Å². The number of carbonyl (C=O) groups is 1. The molecule has 1 saturated heterocycles. The minimum Gasteiger partial charge on any atom is -0.343 e. The molecule has 0 N–H and O–H groups in total. The summed E-state index contributed by atoms with van der Waals surface area (Å²) < 4.78 is 0. The predicted octanol–water partition coefficient (Wildman–Crippen LogP) is 4.36. The summed E-state index contributed by atoms with van der Waals surface area (Å²) >= 11 is 0. The number of carbonyl (C=O) groups excluding carboxylic acids is 1. The van der Waals surface area contributed by atoms with Crippen LogP contribution in [0.2, 0.25) is 0 Å². The summed E-state index contributed by atoms with van der Waals surface area (Å²) in [7, 11) is 0. The quantitative estimate of drug-likeness (QED) is 0.705. The predicted molar refractivity (Wildman–Crippen MR) is 83.8 cm³/mol. The number of benzene rings is 1. The zero-order valence-corrected chi connectivity index (χ0v) is 12.7. The largest absolute Gasteiger partial charge is 0.343 e. The van der Waals surface area contributed by atoms with Crippen molar-refractivity contribution in [2.75, 3.05) is 13.1 Å². The van der Waals surface area contributed by atoms with Crippen LogP contribution in [0.15, 0.2) is 30.3 Å². The highest BCUT2D eigenvalue weighted by Gasteiger charge is 2.22. The molecule has 0 spiro atoms. The average Bonchev–Trinajstić information content (AvgIpc) is 2.67. The van der Waals surface area contributed by atoms with Crippen LogP contribution in [0.3, 0.4) is 0 Å². The van der Waals surface area contributed by atoms with E-state index in [1.165, 1.54) is 24.8 Å². The second-order valence-corrected chi connectivity index (χ2v) is 5.88. The third kappa shape index (κ3) is 4.36. The van der Waals surface area contributed by atoms with Gasteiger partial charge in [0.25, 0.3) is 0 Å². The van der Waals surface area contributed by atoms with Crippen molar-refractivity contribution < 1.29 is 4.79 Å². The topological polar surface area (TPSA) is 20.3 Å². The molecule has 20 heavy (non-hydrogen) atoms. The smallest absolute Gasteiger partial charge is 0.222 e. The van der Waals surface area contributed by atoms with Crippen LogP contribution in [-0.4, -0.2) is 23.9 Å². The van der Waals surface area contributed by atoms with Gasteiger partial charge >= 0.3 is 0 Å². The van der Waals surface area contributed by atoms with Gasteiger partial charge in [0.2, 0.25) is 5.91 Å². The molecular formula is C18H27NO. The third-order valence-electron chi connectivity index (χ3n) is 4.36. The van der Waals surface area contributed by atoms with Gasteiger partial charge in [0.05, 0.1) is 0 Å². The number of likely N-dealkylation sites (tertiary alicyclic amines) is 1. The van der Waals surface area contributed by atoms with E-state index < -0.39 is 0 Å². The van der Waals surface area contributed by atoms with Crippen LogP contribution in [0, 0.1) is 0 Å². The van der Waals surface area contributed by atoms with E-state index in [-0.39, 0.29) is 0 Å². The molecular weight excluding hydrogens is 246 g/mol. The first-order valence-corrected chi connectivity index (χ1v) is 8.14. The molecule has 1 aliphatic rings. The molecule has 1 amide bonds. The monoisotopic (exact) mass is 273 g/mol. The van der Waals surface area contributed by atoms with Gasteiger partial charge in [0.1, 0.15) is 0 Å². The Bertz CT molecular complexity index is 401. The third-order valence-corrected chi connectivity index (χ3v) is 4.36. The van der Waals surface area contributed by atoms with Crippen LogP contribution < -0.4 is 0 Å². The Kier molecular flexibility index (Phi) is 6.10. The molecule has 0 radical (unpaired) electrons. The van der Waals surface area contributed by atoms with Crippen molar-refractivity contribution >= 4 is 5.91 Å². The number of nitrogens with zero attached hydrogens (tertiary/aromatic N) is 1. The van der Waals surface area contributed by atoms with Crippen LogP contribution in [-0.2, 0) is 4.79 Å². The number of unbranched alkanes of at least 4 members (excludes halogenated alkanes) is 3. The van der Waals surface area contributed by atoms with Gasteiger partial charge in [-0.05, 0) is 30.7 Å². The first-order valence-electron chi connectivity index (χ1n) is 8.14. The molecule has 1 aromatic carbocycles. The molecule has 1 aliphatic heterocycles. The number of amides is 1. The maximum Gasteiger partial charge on any atom is 0.222 e. The van der Waals surface area contributed by atoms with Crippen molar-refractivity contribution in [2.45, 2.75) is 57.8 Å². The first-order chi connectivity index (χ1) is 9.81. The van der Waals surface area contributed by atoms with Crippen molar-refractivity contribution in [2.24, 2.45) is 0 Å². The molecule has 2 nitrogen and oxygen atoms in total. The lowest BCUT2D eigenvalue weighted by molar-refractivity contribution is -0.130. The molecule has 0 bridgehead atoms. The fourth-order valence-corrected chi connectivity index (χ4v) is 3.06. The number of hydrogen-bond donors (Lipinski definition) is 0. The molecule has 0 aliphatic carbocycles. The molecule has 0 aromatic heterocycles. The fraction of sp³-hybridized carbons (Fsp3) is 0.611. The van der Waals surface area contributed by atoms with Gasteiger partial charge in [-0.25, -0.2) is 0 Å². The molecule has 0 saturated carbocycles. The first kappa shape index (κ1) is 15.1. The van der Waals surface area contributed by atoms with E-state index in [0.717, 1.165) is 32.4 Å². The van der Waals surface area contributed by atoms with Crippen molar-refractivity contribution in [3.8, 4) is 0 Å². The Morgan fingerprint density at radius 3 is 2.65 bits per heavy atom. The lowest BCUT2D eigenvalue weighted by Gasteiger charge is -2.21. The second kappa shape index (κ2) is 8.08. The molecule has 1 fully saturated rings. The van der Waals surface area contributed by atoms with Crippen molar-refractivity contribution in [3.63, 3.8) is 0 Å². The van der Waals surface area contributed by atoms with E-state index in [0.29, 0.717) is 18.2 Å². The maximum absolute atomic E-state index is 12.2. The van der Waals surface area contributed by atoms with E-state index in [9.17, 15) is 4.79 Å². The molecule has 1 unspecified atom stereocenters. The Morgan fingerprint density at radius 1 is 1.10 bits per heavy atom. The minimum absolute atomic E-state index is 0.361. The summed E-state index contributed by atoms with van der Waals surface area (Å²) in [6.07, 6.45) is 7.79. The average molecular weight is 273 g/mol. The summed E-state index contributed by atoms with van der Waals surface area (Å²) in [6.45, 7) is 4.12. The normalized spacial score (nSPS) is 19.9. The summed E-state index contributed by atoms with van der Waals surface area (Å²) in [5.41, 5.74) is 1.40. The van der Waals surface area contributed by atoms with Gasteiger partial charge < -0.3 is 4.90 Å². The van der Waals surface area contributed by atoms with Crippen LogP contribution in [0.5, 0.6) is 0 Å².